The predicted molar refractivity (Wildman–Crippen MR) is 85.8 cm³/mol. The number of hydrogen-bond donors (Lipinski definition) is 2. The molecule has 5 heteroatoms. The number of likely N-dealkylation sites (N-methyl/N-ethyl adjacent to an activating group) is 1. The maximum Gasteiger partial charge on any atom is 0.246 e. The molecule has 2 rings (SSSR count). The van der Waals surface area contributed by atoms with E-state index in [0.29, 0.717) is 6.61 Å². The fourth-order valence-corrected chi connectivity index (χ4v) is 2.54. The maximum atomic E-state index is 12.0. The van der Waals surface area contributed by atoms with Crippen LogP contribution in [0.25, 0.3) is 0 Å². The minimum absolute atomic E-state index is 0.0103. The van der Waals surface area contributed by atoms with Crippen LogP contribution in [0.1, 0.15) is 18.5 Å². The second-order valence-electron chi connectivity index (χ2n) is 4.98. The fraction of sp³-hybridized carbons (Fsp3) is 0.438. The molecule has 0 saturated heterocycles. The number of carbonyl (C=O) groups is 1. The number of nitrogens with zero attached hydrogens (tertiary/aromatic N) is 1. The van der Waals surface area contributed by atoms with Crippen molar-refractivity contribution in [2.75, 3.05) is 43.6 Å². The standard InChI is InChI=1S/C16H23N3O2/c1-4-8-19(9-10-21-3)12-6-7-13-14(11-12)18-16(20)15(13)17-5-2/h4,6-7,11,15,17H,1,5,8-10H2,2-3H3,(H,18,20). The van der Waals surface area contributed by atoms with Gasteiger partial charge >= 0.3 is 0 Å². The molecule has 0 fully saturated rings. The summed E-state index contributed by atoms with van der Waals surface area (Å²) >= 11 is 0. The summed E-state index contributed by atoms with van der Waals surface area (Å²) in [5.74, 6) is 0.0103. The largest absolute Gasteiger partial charge is 0.383 e. The summed E-state index contributed by atoms with van der Waals surface area (Å²) in [5, 5.41) is 6.14. The van der Waals surface area contributed by atoms with Crippen LogP contribution in [0.3, 0.4) is 0 Å². The van der Waals surface area contributed by atoms with Crippen molar-refractivity contribution in [1.29, 1.82) is 0 Å². The highest BCUT2D eigenvalue weighted by atomic mass is 16.5. The molecule has 1 aliphatic rings. The summed E-state index contributed by atoms with van der Waals surface area (Å²) in [6, 6.07) is 5.83. The summed E-state index contributed by atoms with van der Waals surface area (Å²) in [7, 11) is 1.69. The number of ether oxygens (including phenoxy) is 1. The van der Waals surface area contributed by atoms with Crippen LogP contribution in [0.5, 0.6) is 0 Å². The van der Waals surface area contributed by atoms with E-state index in [0.717, 1.165) is 36.6 Å². The molecule has 0 spiro atoms. The van der Waals surface area contributed by atoms with Crippen LogP contribution in [0.4, 0.5) is 11.4 Å². The Morgan fingerprint density at radius 1 is 1.52 bits per heavy atom. The van der Waals surface area contributed by atoms with E-state index >= 15 is 0 Å². The van der Waals surface area contributed by atoms with Gasteiger partial charge < -0.3 is 20.3 Å². The number of nitrogens with one attached hydrogen (secondary N) is 2. The van der Waals surface area contributed by atoms with E-state index in [1.165, 1.54) is 0 Å². The van der Waals surface area contributed by atoms with Gasteiger partial charge in [0.15, 0.2) is 0 Å². The molecule has 0 radical (unpaired) electrons. The first-order valence-electron chi connectivity index (χ1n) is 7.24. The number of hydrogen-bond acceptors (Lipinski definition) is 4. The molecule has 2 N–H and O–H groups in total. The zero-order chi connectivity index (χ0) is 15.2. The van der Waals surface area contributed by atoms with Gasteiger partial charge in [0.05, 0.1) is 6.61 Å². The monoisotopic (exact) mass is 289 g/mol. The minimum atomic E-state index is -0.245. The van der Waals surface area contributed by atoms with Crippen molar-refractivity contribution >= 4 is 17.3 Å². The lowest BCUT2D eigenvalue weighted by atomic mass is 10.1. The third-order valence-electron chi connectivity index (χ3n) is 3.56. The number of fused-ring (bicyclic) bond motifs is 1. The van der Waals surface area contributed by atoms with Crippen molar-refractivity contribution in [3.63, 3.8) is 0 Å². The normalized spacial score (nSPS) is 16.5. The molecule has 1 aromatic carbocycles. The Balaban J connectivity index is 2.22. The molecule has 1 amide bonds. The van der Waals surface area contributed by atoms with Gasteiger partial charge in [-0.2, -0.15) is 0 Å². The number of amides is 1. The van der Waals surface area contributed by atoms with Gasteiger partial charge in [-0.1, -0.05) is 19.1 Å². The Kier molecular flexibility index (Phi) is 5.36. The Labute approximate surface area is 126 Å². The van der Waals surface area contributed by atoms with E-state index < -0.39 is 0 Å². The smallest absolute Gasteiger partial charge is 0.246 e. The molecule has 1 atom stereocenters. The van der Waals surface area contributed by atoms with Crippen LogP contribution in [-0.4, -0.2) is 39.3 Å². The van der Waals surface area contributed by atoms with Crippen molar-refractivity contribution < 1.29 is 9.53 Å². The molecular formula is C16H23N3O2. The first-order chi connectivity index (χ1) is 10.2. The van der Waals surface area contributed by atoms with Crippen LogP contribution in [0, 0.1) is 0 Å². The SMILES string of the molecule is C=CCN(CCOC)c1ccc2c(c1)NC(=O)C2NCC. The molecule has 1 aromatic rings. The topological polar surface area (TPSA) is 53.6 Å². The summed E-state index contributed by atoms with van der Waals surface area (Å²) in [6.07, 6.45) is 1.86. The lowest BCUT2D eigenvalue weighted by Crippen LogP contribution is -2.27. The summed E-state index contributed by atoms with van der Waals surface area (Å²) in [6.45, 7) is 8.73. The number of anilines is 2. The molecule has 114 valence electrons. The average molecular weight is 289 g/mol. The quantitative estimate of drug-likeness (QED) is 0.718. The van der Waals surface area contributed by atoms with E-state index in [1.54, 1.807) is 7.11 Å². The summed E-state index contributed by atoms with van der Waals surface area (Å²) < 4.78 is 5.14. The van der Waals surface area contributed by atoms with Crippen molar-refractivity contribution in [3.05, 3.63) is 36.4 Å². The third kappa shape index (κ3) is 3.43. The van der Waals surface area contributed by atoms with Crippen molar-refractivity contribution in [2.24, 2.45) is 0 Å². The molecule has 0 aliphatic carbocycles. The lowest BCUT2D eigenvalue weighted by Gasteiger charge is -2.23. The Morgan fingerprint density at radius 2 is 2.33 bits per heavy atom. The van der Waals surface area contributed by atoms with Gasteiger partial charge in [0.1, 0.15) is 6.04 Å². The van der Waals surface area contributed by atoms with Gasteiger partial charge in [-0.3, -0.25) is 4.79 Å². The van der Waals surface area contributed by atoms with Crippen molar-refractivity contribution in [1.82, 2.24) is 5.32 Å². The highest BCUT2D eigenvalue weighted by Crippen LogP contribution is 2.34. The van der Waals surface area contributed by atoms with E-state index in [4.69, 9.17) is 4.74 Å². The summed E-state index contributed by atoms with van der Waals surface area (Å²) in [4.78, 5) is 14.1. The number of rotatable bonds is 8. The van der Waals surface area contributed by atoms with Crippen LogP contribution in [0.2, 0.25) is 0 Å². The van der Waals surface area contributed by atoms with Gasteiger partial charge in [0.2, 0.25) is 5.91 Å². The van der Waals surface area contributed by atoms with E-state index in [2.05, 4.69) is 22.1 Å². The predicted octanol–water partition coefficient (Wildman–Crippen LogP) is 1.93. The van der Waals surface area contributed by atoms with Gasteiger partial charge in [-0.15, -0.1) is 6.58 Å². The number of methoxy groups -OCH3 is 1. The molecule has 1 unspecified atom stereocenters. The Hall–Kier alpha value is -1.85. The molecule has 0 bridgehead atoms. The van der Waals surface area contributed by atoms with Crippen molar-refractivity contribution in [2.45, 2.75) is 13.0 Å². The second-order valence-corrected chi connectivity index (χ2v) is 4.98. The number of carbonyl (C=O) groups excluding carboxylic acids is 1. The van der Waals surface area contributed by atoms with Crippen LogP contribution in [0.15, 0.2) is 30.9 Å². The molecular weight excluding hydrogens is 266 g/mol. The maximum absolute atomic E-state index is 12.0. The lowest BCUT2D eigenvalue weighted by molar-refractivity contribution is -0.117. The zero-order valence-corrected chi connectivity index (χ0v) is 12.7. The van der Waals surface area contributed by atoms with Gasteiger partial charge in [-0.25, -0.2) is 0 Å². The van der Waals surface area contributed by atoms with E-state index in [9.17, 15) is 4.79 Å². The first kappa shape index (κ1) is 15.5. The molecule has 0 saturated carbocycles. The molecule has 0 aromatic heterocycles. The fourth-order valence-electron chi connectivity index (χ4n) is 2.54. The van der Waals surface area contributed by atoms with E-state index in [-0.39, 0.29) is 11.9 Å². The molecule has 1 heterocycles. The molecule has 1 aliphatic heterocycles. The highest BCUT2D eigenvalue weighted by molar-refractivity contribution is 6.03. The Bertz CT molecular complexity index is 516. The Morgan fingerprint density at radius 3 is 3.00 bits per heavy atom. The minimum Gasteiger partial charge on any atom is -0.383 e. The average Bonchev–Trinajstić information content (AvgIpc) is 2.79. The summed E-state index contributed by atoms with van der Waals surface area (Å²) in [5.41, 5.74) is 2.95. The third-order valence-corrected chi connectivity index (χ3v) is 3.56. The van der Waals surface area contributed by atoms with Crippen LogP contribution < -0.4 is 15.5 Å². The zero-order valence-electron chi connectivity index (χ0n) is 12.7. The van der Waals surface area contributed by atoms with Crippen LogP contribution in [-0.2, 0) is 9.53 Å². The molecule has 21 heavy (non-hydrogen) atoms. The van der Waals surface area contributed by atoms with Gasteiger partial charge in [0, 0.05) is 37.1 Å². The van der Waals surface area contributed by atoms with Gasteiger partial charge in [-0.05, 0) is 18.7 Å². The van der Waals surface area contributed by atoms with Gasteiger partial charge in [0.25, 0.3) is 0 Å². The van der Waals surface area contributed by atoms with Crippen LogP contribution >= 0.6 is 0 Å². The highest BCUT2D eigenvalue weighted by Gasteiger charge is 2.29. The first-order valence-corrected chi connectivity index (χ1v) is 7.24. The van der Waals surface area contributed by atoms with E-state index in [1.807, 2.05) is 31.2 Å². The van der Waals surface area contributed by atoms with Crippen molar-refractivity contribution in [3.8, 4) is 0 Å². The second kappa shape index (κ2) is 7.24. The molecule has 5 nitrogen and oxygen atoms in total. The number of benzene rings is 1.